The van der Waals surface area contributed by atoms with E-state index in [4.69, 9.17) is 9.57 Å². The largest absolute Gasteiger partial charge is 0.444 e. The van der Waals surface area contributed by atoms with Crippen LogP contribution in [0.3, 0.4) is 0 Å². The number of carbonyl (C=O) groups is 3. The van der Waals surface area contributed by atoms with Crippen molar-refractivity contribution in [3.8, 4) is 0 Å². The summed E-state index contributed by atoms with van der Waals surface area (Å²) in [7, 11) is 0. The molecule has 0 saturated carbocycles. The first-order valence-corrected chi connectivity index (χ1v) is 8.88. The standard InChI is InChI=1S/C16H26N4O6/c1-16(2,3)25-15(23)18-7-6-11(9-18)26-17-13(21)12-5-4-10-8-19(12)14(22)20(10)24/h10-12,24H,4-9H2,1-3H3,(H,17,21). The number of nitrogens with zero attached hydrogens (tertiary/aromatic N) is 3. The van der Waals surface area contributed by atoms with Gasteiger partial charge in [-0.25, -0.2) is 20.1 Å². The second-order valence-electron chi connectivity index (χ2n) is 7.95. The molecule has 3 aliphatic rings. The molecule has 2 N–H and O–H groups in total. The van der Waals surface area contributed by atoms with Crippen molar-refractivity contribution in [2.45, 2.75) is 63.8 Å². The Hall–Kier alpha value is -2.07. The number of piperidine rings is 1. The van der Waals surface area contributed by atoms with Crippen molar-refractivity contribution < 1.29 is 29.2 Å². The van der Waals surface area contributed by atoms with Crippen molar-refractivity contribution in [3.05, 3.63) is 0 Å². The fraction of sp³-hybridized carbons (Fsp3) is 0.812. The van der Waals surface area contributed by atoms with Gasteiger partial charge in [-0.05, 0) is 40.0 Å². The third-order valence-electron chi connectivity index (χ3n) is 4.77. The highest BCUT2D eigenvalue weighted by molar-refractivity contribution is 5.87. The molecule has 0 aromatic rings. The normalized spacial score (nSPS) is 28.5. The van der Waals surface area contributed by atoms with Crippen molar-refractivity contribution in [2.24, 2.45) is 0 Å². The zero-order valence-electron chi connectivity index (χ0n) is 15.3. The SMILES string of the molecule is CC(C)(C)OC(=O)N1CCC(ONC(=O)C2CCC3CN2C(=O)N3O)C1. The quantitative estimate of drug-likeness (QED) is 0.559. The Morgan fingerprint density at radius 1 is 1.19 bits per heavy atom. The smallest absolute Gasteiger partial charge is 0.410 e. The molecule has 4 amide bonds. The van der Waals surface area contributed by atoms with Gasteiger partial charge in [-0.3, -0.25) is 14.8 Å². The number of ether oxygens (including phenoxy) is 1. The molecule has 3 saturated heterocycles. The zero-order valence-corrected chi connectivity index (χ0v) is 15.3. The Bertz CT molecular complexity index is 592. The highest BCUT2D eigenvalue weighted by Crippen LogP contribution is 2.28. The molecule has 0 aliphatic carbocycles. The predicted molar refractivity (Wildman–Crippen MR) is 88.0 cm³/mol. The minimum atomic E-state index is -0.653. The van der Waals surface area contributed by atoms with E-state index in [1.54, 1.807) is 25.7 Å². The van der Waals surface area contributed by atoms with Gasteiger partial charge in [0, 0.05) is 13.1 Å². The minimum absolute atomic E-state index is 0.246. The monoisotopic (exact) mass is 370 g/mol. The molecule has 3 heterocycles. The van der Waals surface area contributed by atoms with Crippen LogP contribution in [0.4, 0.5) is 9.59 Å². The van der Waals surface area contributed by atoms with E-state index in [0.717, 1.165) is 0 Å². The minimum Gasteiger partial charge on any atom is -0.444 e. The molecule has 0 radical (unpaired) electrons. The third-order valence-corrected chi connectivity index (χ3v) is 4.77. The number of hydroxylamine groups is 3. The van der Waals surface area contributed by atoms with Crippen molar-refractivity contribution in [1.29, 1.82) is 0 Å². The molecule has 2 bridgehead atoms. The van der Waals surface area contributed by atoms with Crippen LogP contribution in [0.15, 0.2) is 0 Å². The van der Waals surface area contributed by atoms with Gasteiger partial charge in [0.2, 0.25) is 0 Å². The van der Waals surface area contributed by atoms with E-state index >= 15 is 0 Å². The van der Waals surface area contributed by atoms with Gasteiger partial charge in [-0.15, -0.1) is 0 Å². The molecule has 3 rings (SSSR count). The molecule has 0 aromatic heterocycles. The average Bonchev–Trinajstić information content (AvgIpc) is 3.12. The van der Waals surface area contributed by atoms with Crippen LogP contribution in [-0.2, 0) is 14.4 Å². The second kappa shape index (κ2) is 6.92. The molecule has 3 atom stereocenters. The first-order chi connectivity index (χ1) is 12.2. The summed E-state index contributed by atoms with van der Waals surface area (Å²) in [5, 5.41) is 10.4. The lowest BCUT2D eigenvalue weighted by atomic mass is 10.0. The van der Waals surface area contributed by atoms with Crippen LogP contribution in [0.2, 0.25) is 0 Å². The van der Waals surface area contributed by atoms with E-state index in [2.05, 4.69) is 5.48 Å². The lowest BCUT2D eigenvalue weighted by molar-refractivity contribution is -0.143. The number of nitrogens with one attached hydrogen (secondary N) is 1. The molecular formula is C16H26N4O6. The highest BCUT2D eigenvalue weighted by atomic mass is 16.7. The van der Waals surface area contributed by atoms with E-state index in [1.807, 2.05) is 0 Å². The molecule has 146 valence electrons. The van der Waals surface area contributed by atoms with Crippen LogP contribution in [-0.4, -0.2) is 81.5 Å². The fourth-order valence-corrected chi connectivity index (χ4v) is 3.45. The number of rotatable bonds is 3. The van der Waals surface area contributed by atoms with Crippen molar-refractivity contribution >= 4 is 18.0 Å². The number of fused-ring (bicyclic) bond motifs is 2. The van der Waals surface area contributed by atoms with E-state index in [-0.39, 0.29) is 12.1 Å². The van der Waals surface area contributed by atoms with Crippen LogP contribution >= 0.6 is 0 Å². The van der Waals surface area contributed by atoms with Crippen molar-refractivity contribution in [3.63, 3.8) is 0 Å². The van der Waals surface area contributed by atoms with E-state index in [1.165, 1.54) is 4.90 Å². The molecule has 3 unspecified atom stereocenters. The first kappa shape index (κ1) is 18.7. The van der Waals surface area contributed by atoms with E-state index in [0.29, 0.717) is 44.0 Å². The number of hydrogen-bond donors (Lipinski definition) is 2. The number of amides is 4. The van der Waals surface area contributed by atoms with E-state index < -0.39 is 29.7 Å². The summed E-state index contributed by atoms with van der Waals surface area (Å²) in [5.41, 5.74) is 1.84. The van der Waals surface area contributed by atoms with Gasteiger partial charge < -0.3 is 14.5 Å². The third kappa shape index (κ3) is 3.85. The number of urea groups is 1. The fourth-order valence-electron chi connectivity index (χ4n) is 3.45. The number of likely N-dealkylation sites (tertiary alicyclic amines) is 1. The number of hydrogen-bond acceptors (Lipinski definition) is 6. The summed E-state index contributed by atoms with van der Waals surface area (Å²) in [6.07, 6.45) is 0.883. The molecule has 10 nitrogen and oxygen atoms in total. The predicted octanol–water partition coefficient (Wildman–Crippen LogP) is 0.701. The maximum atomic E-state index is 12.4. The van der Waals surface area contributed by atoms with Gasteiger partial charge in [0.05, 0.1) is 12.6 Å². The summed E-state index contributed by atoms with van der Waals surface area (Å²) in [4.78, 5) is 44.6. The van der Waals surface area contributed by atoms with E-state index in [9.17, 15) is 19.6 Å². The van der Waals surface area contributed by atoms with Gasteiger partial charge in [0.1, 0.15) is 17.7 Å². The maximum absolute atomic E-state index is 12.4. The maximum Gasteiger partial charge on any atom is 0.410 e. The van der Waals surface area contributed by atoms with Crippen LogP contribution in [0.5, 0.6) is 0 Å². The first-order valence-electron chi connectivity index (χ1n) is 8.88. The van der Waals surface area contributed by atoms with Crippen LogP contribution < -0.4 is 5.48 Å². The lowest BCUT2D eigenvalue weighted by Gasteiger charge is -2.29. The zero-order chi connectivity index (χ0) is 19.1. The molecule has 3 aliphatic heterocycles. The molecule has 10 heteroatoms. The molecule has 0 spiro atoms. The molecule has 3 fully saturated rings. The molecule has 0 aromatic carbocycles. The van der Waals surface area contributed by atoms with Crippen LogP contribution in [0.25, 0.3) is 0 Å². The van der Waals surface area contributed by atoms with Gasteiger partial charge >= 0.3 is 12.1 Å². The summed E-state index contributed by atoms with van der Waals surface area (Å²) >= 11 is 0. The van der Waals surface area contributed by atoms with Crippen LogP contribution in [0.1, 0.15) is 40.0 Å². The Labute approximate surface area is 151 Å². The second-order valence-corrected chi connectivity index (χ2v) is 7.95. The number of carbonyl (C=O) groups excluding carboxylic acids is 3. The van der Waals surface area contributed by atoms with Gasteiger partial charge in [0.25, 0.3) is 5.91 Å². The Morgan fingerprint density at radius 2 is 1.92 bits per heavy atom. The van der Waals surface area contributed by atoms with Crippen molar-refractivity contribution in [2.75, 3.05) is 19.6 Å². The topological polar surface area (TPSA) is 112 Å². The summed E-state index contributed by atoms with van der Waals surface area (Å²) in [6, 6.07) is -1.45. The van der Waals surface area contributed by atoms with Crippen LogP contribution in [0, 0.1) is 0 Å². The Morgan fingerprint density at radius 3 is 2.62 bits per heavy atom. The summed E-state index contributed by atoms with van der Waals surface area (Å²) in [5.74, 6) is -0.414. The molecule has 26 heavy (non-hydrogen) atoms. The Kier molecular flexibility index (Phi) is 4.98. The lowest BCUT2D eigenvalue weighted by Crippen LogP contribution is -2.50. The van der Waals surface area contributed by atoms with Gasteiger partial charge in [-0.2, -0.15) is 0 Å². The average molecular weight is 370 g/mol. The van der Waals surface area contributed by atoms with Crippen molar-refractivity contribution in [1.82, 2.24) is 20.3 Å². The molecular weight excluding hydrogens is 344 g/mol. The van der Waals surface area contributed by atoms with Gasteiger partial charge in [-0.1, -0.05) is 0 Å². The van der Waals surface area contributed by atoms with Gasteiger partial charge in [0.15, 0.2) is 0 Å². The Balaban J connectivity index is 1.46. The summed E-state index contributed by atoms with van der Waals surface area (Å²) < 4.78 is 5.32. The summed E-state index contributed by atoms with van der Waals surface area (Å²) in [6.45, 7) is 6.56. The highest BCUT2D eigenvalue weighted by Gasteiger charge is 2.47.